The van der Waals surface area contributed by atoms with Crippen molar-refractivity contribution in [1.29, 1.82) is 0 Å². The van der Waals surface area contributed by atoms with Gasteiger partial charge in [-0.15, -0.1) is 10.2 Å². The molecule has 6 nitrogen and oxygen atoms in total. The molecule has 2 bridgehead atoms. The van der Waals surface area contributed by atoms with E-state index in [1.807, 2.05) is 30.3 Å². The van der Waals surface area contributed by atoms with Gasteiger partial charge in [-0.2, -0.15) is 0 Å². The van der Waals surface area contributed by atoms with Gasteiger partial charge in [-0.1, -0.05) is 18.2 Å². The number of amides is 1. The first-order valence-electron chi connectivity index (χ1n) is 8.87. The Labute approximate surface area is 147 Å². The van der Waals surface area contributed by atoms with Crippen LogP contribution in [0.1, 0.15) is 36.2 Å². The lowest BCUT2D eigenvalue weighted by molar-refractivity contribution is 0.0918. The topological polar surface area (TPSA) is 76.1 Å². The maximum absolute atomic E-state index is 12.1. The minimum Gasteiger partial charge on any atom is -0.375 e. The van der Waals surface area contributed by atoms with Gasteiger partial charge in [-0.3, -0.25) is 4.79 Å². The Balaban J connectivity index is 1.26. The summed E-state index contributed by atoms with van der Waals surface area (Å²) in [7, 11) is 0. The molecule has 2 N–H and O–H groups in total. The molecule has 2 aliphatic heterocycles. The lowest BCUT2D eigenvalue weighted by atomic mass is 9.87. The Morgan fingerprint density at radius 2 is 2.00 bits per heavy atom. The zero-order valence-electron chi connectivity index (χ0n) is 14.0. The number of para-hydroxylation sites is 1. The van der Waals surface area contributed by atoms with Crippen LogP contribution in [0.5, 0.6) is 0 Å². The molecule has 6 heteroatoms. The summed E-state index contributed by atoms with van der Waals surface area (Å²) in [4.78, 5) is 12.1. The van der Waals surface area contributed by atoms with Gasteiger partial charge in [0.25, 0.3) is 5.91 Å². The van der Waals surface area contributed by atoms with Crippen LogP contribution in [0.4, 0.5) is 11.5 Å². The first-order chi connectivity index (χ1) is 12.3. The molecule has 1 aromatic heterocycles. The fourth-order valence-corrected chi connectivity index (χ4v) is 3.70. The van der Waals surface area contributed by atoms with Crippen molar-refractivity contribution in [3.05, 3.63) is 48.2 Å². The van der Waals surface area contributed by atoms with Gasteiger partial charge in [-0.05, 0) is 55.9 Å². The normalized spacial score (nSPS) is 24.2. The molecular formula is C19H22N4O2. The quantitative estimate of drug-likeness (QED) is 0.846. The van der Waals surface area contributed by atoms with E-state index in [-0.39, 0.29) is 5.91 Å². The molecule has 2 aliphatic rings. The number of rotatable bonds is 6. The Bertz CT molecular complexity index is 720. The van der Waals surface area contributed by atoms with Crippen LogP contribution in [0.3, 0.4) is 0 Å². The number of nitrogens with zero attached hydrogens (tertiary/aromatic N) is 2. The second-order valence-electron chi connectivity index (χ2n) is 6.71. The van der Waals surface area contributed by atoms with Crippen LogP contribution < -0.4 is 10.6 Å². The van der Waals surface area contributed by atoms with E-state index in [0.717, 1.165) is 18.7 Å². The van der Waals surface area contributed by atoms with E-state index in [0.29, 0.717) is 29.6 Å². The van der Waals surface area contributed by atoms with Crippen LogP contribution in [0.2, 0.25) is 0 Å². The molecule has 0 saturated carbocycles. The van der Waals surface area contributed by atoms with E-state index < -0.39 is 0 Å². The van der Waals surface area contributed by atoms with Crippen molar-refractivity contribution < 1.29 is 9.53 Å². The lowest BCUT2D eigenvalue weighted by Gasteiger charge is -2.18. The van der Waals surface area contributed by atoms with Crippen molar-refractivity contribution in [2.75, 3.05) is 17.2 Å². The van der Waals surface area contributed by atoms with Crippen molar-refractivity contribution in [1.82, 2.24) is 10.2 Å². The molecule has 1 aromatic carbocycles. The smallest absolute Gasteiger partial charge is 0.276 e. The summed E-state index contributed by atoms with van der Waals surface area (Å²) in [5.74, 6) is 1.10. The number of fused-ring (bicyclic) bond motifs is 2. The number of carbonyl (C=O) groups excluding carboxylic acids is 1. The highest BCUT2D eigenvalue weighted by Crippen LogP contribution is 2.40. The van der Waals surface area contributed by atoms with Crippen LogP contribution in [-0.2, 0) is 4.74 Å². The van der Waals surface area contributed by atoms with Crippen molar-refractivity contribution in [2.45, 2.75) is 37.9 Å². The molecule has 0 aliphatic carbocycles. The Hall–Kier alpha value is -2.47. The van der Waals surface area contributed by atoms with Crippen molar-refractivity contribution >= 4 is 17.4 Å². The summed E-state index contributed by atoms with van der Waals surface area (Å²) in [6.07, 6.45) is 5.67. The minimum absolute atomic E-state index is 0.260. The Kier molecular flexibility index (Phi) is 4.61. The van der Waals surface area contributed by atoms with Crippen LogP contribution in [0.25, 0.3) is 0 Å². The molecule has 130 valence electrons. The third kappa shape index (κ3) is 3.79. The number of benzene rings is 1. The van der Waals surface area contributed by atoms with Crippen molar-refractivity contribution in [3.63, 3.8) is 0 Å². The average molecular weight is 338 g/mol. The van der Waals surface area contributed by atoms with Gasteiger partial charge in [0.15, 0.2) is 5.69 Å². The van der Waals surface area contributed by atoms with Crippen LogP contribution in [0, 0.1) is 5.92 Å². The molecule has 3 heterocycles. The highest BCUT2D eigenvalue weighted by Gasteiger charge is 2.40. The first kappa shape index (κ1) is 16.0. The number of hydrogen-bond acceptors (Lipinski definition) is 5. The molecule has 3 atom stereocenters. The van der Waals surface area contributed by atoms with Gasteiger partial charge in [0.2, 0.25) is 0 Å². The van der Waals surface area contributed by atoms with Crippen molar-refractivity contribution in [3.8, 4) is 0 Å². The van der Waals surface area contributed by atoms with E-state index in [2.05, 4.69) is 20.8 Å². The van der Waals surface area contributed by atoms with Gasteiger partial charge in [0.1, 0.15) is 5.82 Å². The number of hydrogen-bond donors (Lipinski definition) is 2. The van der Waals surface area contributed by atoms with E-state index in [1.165, 1.54) is 19.3 Å². The monoisotopic (exact) mass is 338 g/mol. The SMILES string of the molecule is O=C(Nc1ccccc1)c1ccc(NCCC2CC3CCC2O3)nn1. The van der Waals surface area contributed by atoms with E-state index in [4.69, 9.17) is 4.74 Å². The molecule has 25 heavy (non-hydrogen) atoms. The number of anilines is 2. The third-order valence-corrected chi connectivity index (χ3v) is 4.98. The average Bonchev–Trinajstić information content (AvgIpc) is 3.26. The molecule has 0 spiro atoms. The lowest BCUT2D eigenvalue weighted by Crippen LogP contribution is -2.20. The Morgan fingerprint density at radius 1 is 1.12 bits per heavy atom. The van der Waals surface area contributed by atoms with Gasteiger partial charge in [0.05, 0.1) is 12.2 Å². The number of carbonyl (C=O) groups is 1. The second-order valence-corrected chi connectivity index (χ2v) is 6.71. The largest absolute Gasteiger partial charge is 0.375 e. The van der Waals surface area contributed by atoms with Crippen LogP contribution in [0.15, 0.2) is 42.5 Å². The number of aromatic nitrogens is 2. The fraction of sp³-hybridized carbons (Fsp3) is 0.421. The van der Waals surface area contributed by atoms with E-state index >= 15 is 0 Å². The summed E-state index contributed by atoms with van der Waals surface area (Å²) in [6.45, 7) is 0.849. The van der Waals surface area contributed by atoms with Gasteiger partial charge < -0.3 is 15.4 Å². The van der Waals surface area contributed by atoms with Gasteiger partial charge in [-0.25, -0.2) is 0 Å². The maximum atomic E-state index is 12.1. The minimum atomic E-state index is -0.260. The highest BCUT2D eigenvalue weighted by molar-refractivity contribution is 6.02. The van der Waals surface area contributed by atoms with E-state index in [1.54, 1.807) is 12.1 Å². The van der Waals surface area contributed by atoms with Gasteiger partial charge >= 0.3 is 0 Å². The zero-order valence-corrected chi connectivity index (χ0v) is 14.0. The standard InChI is InChI=1S/C19H22N4O2/c24-19(21-14-4-2-1-3-5-14)16-7-9-18(23-22-16)20-11-10-13-12-15-6-8-17(13)25-15/h1-5,7,9,13,15,17H,6,8,10-12H2,(H,20,23)(H,21,24). The summed E-state index contributed by atoms with van der Waals surface area (Å²) in [5, 5.41) is 14.2. The molecule has 1 amide bonds. The zero-order chi connectivity index (χ0) is 17.1. The summed E-state index contributed by atoms with van der Waals surface area (Å²) < 4.78 is 5.88. The predicted octanol–water partition coefficient (Wildman–Crippen LogP) is 3.10. The summed E-state index contributed by atoms with van der Waals surface area (Å²) in [5.41, 5.74) is 1.04. The number of nitrogens with one attached hydrogen (secondary N) is 2. The van der Waals surface area contributed by atoms with Crippen molar-refractivity contribution in [2.24, 2.45) is 5.92 Å². The van der Waals surface area contributed by atoms with Crippen LogP contribution >= 0.6 is 0 Å². The molecule has 2 fully saturated rings. The Morgan fingerprint density at radius 3 is 2.68 bits per heavy atom. The molecule has 2 saturated heterocycles. The molecule has 2 aromatic rings. The summed E-state index contributed by atoms with van der Waals surface area (Å²) >= 11 is 0. The predicted molar refractivity (Wildman–Crippen MR) is 95.5 cm³/mol. The summed E-state index contributed by atoms with van der Waals surface area (Å²) in [6, 6.07) is 12.8. The maximum Gasteiger partial charge on any atom is 0.276 e. The fourth-order valence-electron chi connectivity index (χ4n) is 3.70. The van der Waals surface area contributed by atoms with E-state index in [9.17, 15) is 4.79 Å². The second kappa shape index (κ2) is 7.19. The molecule has 3 unspecified atom stereocenters. The molecular weight excluding hydrogens is 316 g/mol. The molecule has 4 rings (SSSR count). The molecule has 0 radical (unpaired) electrons. The van der Waals surface area contributed by atoms with Crippen LogP contribution in [-0.4, -0.2) is 34.9 Å². The first-order valence-corrected chi connectivity index (χ1v) is 8.87. The number of ether oxygens (including phenoxy) is 1. The van der Waals surface area contributed by atoms with Gasteiger partial charge in [0, 0.05) is 12.2 Å². The third-order valence-electron chi connectivity index (χ3n) is 4.98. The highest BCUT2D eigenvalue weighted by atomic mass is 16.5.